The number of rotatable bonds is 5. The highest BCUT2D eigenvalue weighted by Gasteiger charge is 2.05. The lowest BCUT2D eigenvalue weighted by atomic mass is 10.2. The van der Waals surface area contributed by atoms with Crippen LogP contribution < -0.4 is 5.32 Å². The summed E-state index contributed by atoms with van der Waals surface area (Å²) in [6, 6.07) is 3.59. The van der Waals surface area contributed by atoms with Gasteiger partial charge in [0.05, 0.1) is 6.10 Å². The normalized spacial score (nSPS) is 11.9. The Morgan fingerprint density at radius 3 is 2.94 bits per heavy atom. The molecule has 1 atom stereocenters. The fraction of sp³-hybridized carbons (Fsp3) is 0.545. The summed E-state index contributed by atoms with van der Waals surface area (Å²) in [6.45, 7) is 4.22. The van der Waals surface area contributed by atoms with Gasteiger partial charge in [-0.15, -0.1) is 0 Å². The van der Waals surface area contributed by atoms with Gasteiger partial charge in [0, 0.05) is 12.2 Å². The molecule has 86 valence electrons. The molecule has 0 aromatic carbocycles. The summed E-state index contributed by atoms with van der Waals surface area (Å²) in [7, 11) is 0. The Kier molecular flexibility index (Phi) is 4.67. The molecule has 0 aliphatic carbocycles. The third kappa shape index (κ3) is 3.83. The van der Waals surface area contributed by atoms with Gasteiger partial charge in [-0.1, -0.05) is 13.3 Å². The van der Waals surface area contributed by atoms with Gasteiger partial charge >= 0.3 is 0 Å². The molecule has 1 aromatic heterocycles. The Morgan fingerprint density at radius 1 is 1.56 bits per heavy atom. The average Bonchev–Trinajstić information content (AvgIpc) is 2.26. The summed E-state index contributed by atoms with van der Waals surface area (Å²) in [6.07, 6.45) is 1.27. The van der Waals surface area contributed by atoms with E-state index in [1.165, 1.54) is 0 Å². The lowest BCUT2D eigenvalue weighted by molar-refractivity contribution is 0.176. The molecule has 1 unspecified atom stereocenters. The first-order valence-corrected chi connectivity index (χ1v) is 5.33. The maximum absolute atomic E-state index is 9.52. The Bertz CT molecular complexity index is 386. The van der Waals surface area contributed by atoms with Gasteiger partial charge < -0.3 is 10.4 Å². The smallest absolute Gasteiger partial charge is 0.224 e. The number of aryl methyl sites for hydroxylation is 1. The molecule has 1 rings (SSSR count). The van der Waals surface area contributed by atoms with E-state index in [0.717, 1.165) is 18.5 Å². The van der Waals surface area contributed by atoms with Crippen LogP contribution in [0.4, 0.5) is 5.95 Å². The number of nitriles is 1. The number of anilines is 1. The Labute approximate surface area is 95.2 Å². The second-order valence-corrected chi connectivity index (χ2v) is 3.65. The van der Waals surface area contributed by atoms with Gasteiger partial charge in [-0.25, -0.2) is 9.97 Å². The van der Waals surface area contributed by atoms with Crippen LogP contribution in [0.25, 0.3) is 0 Å². The van der Waals surface area contributed by atoms with E-state index in [1.54, 1.807) is 13.0 Å². The summed E-state index contributed by atoms with van der Waals surface area (Å²) >= 11 is 0. The maximum Gasteiger partial charge on any atom is 0.224 e. The van der Waals surface area contributed by atoms with E-state index in [-0.39, 0.29) is 0 Å². The van der Waals surface area contributed by atoms with Crippen LogP contribution in [-0.2, 0) is 0 Å². The Hall–Kier alpha value is -1.67. The highest BCUT2D eigenvalue weighted by molar-refractivity contribution is 5.32. The fourth-order valence-electron chi connectivity index (χ4n) is 1.35. The van der Waals surface area contributed by atoms with Gasteiger partial charge in [-0.05, 0) is 19.4 Å². The molecule has 0 bridgehead atoms. The summed E-state index contributed by atoms with van der Waals surface area (Å²) in [4.78, 5) is 8.12. The molecule has 0 fully saturated rings. The van der Waals surface area contributed by atoms with E-state index in [2.05, 4.69) is 15.3 Å². The molecular formula is C11H16N4O. The molecule has 16 heavy (non-hydrogen) atoms. The number of aromatic nitrogens is 2. The zero-order chi connectivity index (χ0) is 12.0. The molecule has 0 saturated carbocycles. The first-order valence-electron chi connectivity index (χ1n) is 5.33. The van der Waals surface area contributed by atoms with Crippen LogP contribution in [0.5, 0.6) is 0 Å². The topological polar surface area (TPSA) is 81.8 Å². The summed E-state index contributed by atoms with van der Waals surface area (Å²) in [5.74, 6) is 0.395. The number of aliphatic hydroxyl groups is 1. The summed E-state index contributed by atoms with van der Waals surface area (Å²) in [5.41, 5.74) is 1.07. The third-order valence-corrected chi connectivity index (χ3v) is 2.09. The molecular weight excluding hydrogens is 204 g/mol. The molecule has 0 radical (unpaired) electrons. The van der Waals surface area contributed by atoms with Crippen molar-refractivity contribution in [1.82, 2.24) is 9.97 Å². The first-order chi connectivity index (χ1) is 7.65. The number of nitrogens with zero attached hydrogens (tertiary/aromatic N) is 3. The van der Waals surface area contributed by atoms with Crippen LogP contribution in [-0.4, -0.2) is 27.7 Å². The minimum atomic E-state index is -0.403. The molecule has 5 nitrogen and oxygen atoms in total. The van der Waals surface area contributed by atoms with Crippen molar-refractivity contribution in [2.45, 2.75) is 32.8 Å². The highest BCUT2D eigenvalue weighted by Crippen LogP contribution is 2.04. The predicted octanol–water partition coefficient (Wildman–Crippen LogP) is 1.23. The number of nitrogens with one attached hydrogen (secondary N) is 1. The van der Waals surface area contributed by atoms with Crippen molar-refractivity contribution in [3.63, 3.8) is 0 Å². The van der Waals surface area contributed by atoms with Crippen molar-refractivity contribution < 1.29 is 5.11 Å². The molecule has 2 N–H and O–H groups in total. The molecule has 0 aliphatic rings. The van der Waals surface area contributed by atoms with E-state index in [4.69, 9.17) is 5.26 Å². The fourth-order valence-corrected chi connectivity index (χ4v) is 1.35. The van der Waals surface area contributed by atoms with Crippen molar-refractivity contribution in [1.29, 1.82) is 5.26 Å². The van der Waals surface area contributed by atoms with E-state index in [9.17, 15) is 5.11 Å². The van der Waals surface area contributed by atoms with Crippen LogP contribution >= 0.6 is 0 Å². The standard InChI is InChI=1S/C11H16N4O/c1-3-4-10(16)7-13-11-14-8(2)5-9(6-12)15-11/h5,10,16H,3-4,7H2,1-2H3,(H,13,14,15). The zero-order valence-electron chi connectivity index (χ0n) is 9.56. The highest BCUT2D eigenvalue weighted by atomic mass is 16.3. The van der Waals surface area contributed by atoms with Crippen LogP contribution in [0.2, 0.25) is 0 Å². The van der Waals surface area contributed by atoms with Gasteiger partial charge in [0.2, 0.25) is 5.95 Å². The Balaban J connectivity index is 2.60. The molecule has 0 aliphatic heterocycles. The van der Waals surface area contributed by atoms with Gasteiger partial charge in [0.25, 0.3) is 0 Å². The SMILES string of the molecule is CCCC(O)CNc1nc(C)cc(C#N)n1. The quantitative estimate of drug-likeness (QED) is 0.780. The van der Waals surface area contributed by atoms with Crippen molar-refractivity contribution >= 4 is 5.95 Å². The summed E-state index contributed by atoms with van der Waals surface area (Å²) < 4.78 is 0. The van der Waals surface area contributed by atoms with E-state index in [0.29, 0.717) is 18.2 Å². The van der Waals surface area contributed by atoms with Crippen LogP contribution in [0, 0.1) is 18.3 Å². The van der Waals surface area contributed by atoms with Crippen molar-refractivity contribution in [3.05, 3.63) is 17.5 Å². The van der Waals surface area contributed by atoms with E-state index < -0.39 is 6.10 Å². The van der Waals surface area contributed by atoms with Gasteiger partial charge in [0.1, 0.15) is 11.8 Å². The van der Waals surface area contributed by atoms with Crippen molar-refractivity contribution in [2.24, 2.45) is 0 Å². The predicted molar refractivity (Wildman–Crippen MR) is 60.9 cm³/mol. The second kappa shape index (κ2) is 6.03. The zero-order valence-corrected chi connectivity index (χ0v) is 9.56. The monoisotopic (exact) mass is 220 g/mol. The third-order valence-electron chi connectivity index (χ3n) is 2.09. The second-order valence-electron chi connectivity index (χ2n) is 3.65. The van der Waals surface area contributed by atoms with Crippen LogP contribution in [0.15, 0.2) is 6.07 Å². The molecule has 1 heterocycles. The molecule has 0 spiro atoms. The number of hydrogen-bond donors (Lipinski definition) is 2. The molecule has 0 saturated heterocycles. The van der Waals surface area contributed by atoms with Crippen LogP contribution in [0.3, 0.4) is 0 Å². The minimum absolute atomic E-state index is 0.333. The summed E-state index contributed by atoms with van der Waals surface area (Å²) in [5, 5.41) is 21.2. The van der Waals surface area contributed by atoms with Gasteiger partial charge in [-0.2, -0.15) is 5.26 Å². The lowest BCUT2D eigenvalue weighted by Gasteiger charge is -2.10. The minimum Gasteiger partial charge on any atom is -0.391 e. The molecule has 1 aromatic rings. The Morgan fingerprint density at radius 2 is 2.31 bits per heavy atom. The van der Waals surface area contributed by atoms with E-state index >= 15 is 0 Å². The maximum atomic E-state index is 9.52. The number of hydrogen-bond acceptors (Lipinski definition) is 5. The van der Waals surface area contributed by atoms with Gasteiger partial charge in [0.15, 0.2) is 0 Å². The molecule has 0 amide bonds. The van der Waals surface area contributed by atoms with Gasteiger partial charge in [-0.3, -0.25) is 0 Å². The van der Waals surface area contributed by atoms with Crippen molar-refractivity contribution in [2.75, 3.05) is 11.9 Å². The average molecular weight is 220 g/mol. The lowest BCUT2D eigenvalue weighted by Crippen LogP contribution is -2.20. The number of aliphatic hydroxyl groups excluding tert-OH is 1. The van der Waals surface area contributed by atoms with E-state index in [1.807, 2.05) is 13.0 Å². The first kappa shape index (κ1) is 12.4. The molecule has 5 heteroatoms. The van der Waals surface area contributed by atoms with Crippen LogP contribution in [0.1, 0.15) is 31.2 Å². The largest absolute Gasteiger partial charge is 0.391 e. The van der Waals surface area contributed by atoms with Crippen molar-refractivity contribution in [3.8, 4) is 6.07 Å².